The van der Waals surface area contributed by atoms with Crippen molar-refractivity contribution < 1.29 is 9.84 Å². The largest absolute Gasteiger partial charge is 0.396 e. The summed E-state index contributed by atoms with van der Waals surface area (Å²) in [6.45, 7) is 1.41. The molecule has 1 N–H and O–H groups in total. The zero-order chi connectivity index (χ0) is 11.4. The second-order valence-corrected chi connectivity index (χ2v) is 3.49. The van der Waals surface area contributed by atoms with Crippen LogP contribution in [0.15, 0.2) is 18.3 Å². The van der Waals surface area contributed by atoms with Crippen molar-refractivity contribution in [3.63, 3.8) is 0 Å². The highest BCUT2D eigenvalue weighted by atomic mass is 16.5. The molecule has 0 bridgehead atoms. The number of pyridine rings is 1. The first-order chi connectivity index (χ1) is 7.86. The van der Waals surface area contributed by atoms with Gasteiger partial charge in [0.2, 0.25) is 0 Å². The quantitative estimate of drug-likeness (QED) is 0.803. The third-order valence-corrected chi connectivity index (χ3v) is 2.44. The number of hydrogen-bond donors (Lipinski definition) is 1. The average molecular weight is 221 g/mol. The second-order valence-electron chi connectivity index (χ2n) is 3.49. The smallest absolute Gasteiger partial charge is 0.160 e. The van der Waals surface area contributed by atoms with Gasteiger partial charge >= 0.3 is 0 Å². The first-order valence-corrected chi connectivity index (χ1v) is 5.26. The number of methoxy groups -OCH3 is 1. The maximum absolute atomic E-state index is 8.99. The van der Waals surface area contributed by atoms with Crippen LogP contribution in [-0.4, -0.2) is 40.0 Å². The van der Waals surface area contributed by atoms with Crippen molar-refractivity contribution in [3.8, 4) is 0 Å². The monoisotopic (exact) mass is 221 g/mol. The molecule has 2 heterocycles. The summed E-state index contributed by atoms with van der Waals surface area (Å²) in [5.74, 6) is 0.855. The van der Waals surface area contributed by atoms with Crippen LogP contribution in [0.3, 0.4) is 0 Å². The van der Waals surface area contributed by atoms with E-state index in [-0.39, 0.29) is 6.61 Å². The van der Waals surface area contributed by atoms with Crippen LogP contribution >= 0.6 is 0 Å². The summed E-state index contributed by atoms with van der Waals surface area (Å²) < 4.78 is 7.05. The van der Waals surface area contributed by atoms with Gasteiger partial charge in [0.1, 0.15) is 11.3 Å². The minimum absolute atomic E-state index is 0.0936. The van der Waals surface area contributed by atoms with Gasteiger partial charge in [-0.05, 0) is 12.1 Å². The molecule has 0 unspecified atom stereocenters. The van der Waals surface area contributed by atoms with E-state index in [4.69, 9.17) is 9.84 Å². The molecule has 2 rings (SSSR count). The molecule has 0 fully saturated rings. The van der Waals surface area contributed by atoms with Crippen molar-refractivity contribution in [1.82, 2.24) is 14.5 Å². The summed E-state index contributed by atoms with van der Waals surface area (Å²) in [5, 5.41) is 8.99. The lowest BCUT2D eigenvalue weighted by molar-refractivity contribution is 0.186. The van der Waals surface area contributed by atoms with Crippen molar-refractivity contribution in [3.05, 3.63) is 24.2 Å². The number of aromatic nitrogens is 3. The molecule has 0 saturated heterocycles. The molecule has 16 heavy (non-hydrogen) atoms. The van der Waals surface area contributed by atoms with Crippen LogP contribution in [0, 0.1) is 0 Å². The predicted molar refractivity (Wildman–Crippen MR) is 60.2 cm³/mol. The first-order valence-electron chi connectivity index (χ1n) is 5.26. The van der Waals surface area contributed by atoms with Crippen LogP contribution in [0.4, 0.5) is 0 Å². The second kappa shape index (κ2) is 5.05. The Labute approximate surface area is 93.7 Å². The maximum atomic E-state index is 8.99. The Morgan fingerprint density at radius 3 is 3.12 bits per heavy atom. The minimum atomic E-state index is 0.0936. The Kier molecular flexibility index (Phi) is 3.48. The van der Waals surface area contributed by atoms with Gasteiger partial charge in [0.15, 0.2) is 5.65 Å². The van der Waals surface area contributed by atoms with E-state index >= 15 is 0 Å². The summed E-state index contributed by atoms with van der Waals surface area (Å²) in [6.07, 6.45) is 2.29. The summed E-state index contributed by atoms with van der Waals surface area (Å²) in [6, 6.07) is 3.78. The van der Waals surface area contributed by atoms with Gasteiger partial charge in [-0.25, -0.2) is 9.97 Å². The zero-order valence-electron chi connectivity index (χ0n) is 9.26. The maximum Gasteiger partial charge on any atom is 0.160 e. The minimum Gasteiger partial charge on any atom is -0.396 e. The van der Waals surface area contributed by atoms with E-state index < -0.39 is 0 Å². The molecule has 2 aromatic heterocycles. The Morgan fingerprint density at radius 1 is 1.50 bits per heavy atom. The van der Waals surface area contributed by atoms with Gasteiger partial charge in [0, 0.05) is 26.3 Å². The first kappa shape index (κ1) is 11.0. The Bertz CT molecular complexity index is 467. The molecule has 0 aliphatic heterocycles. The van der Waals surface area contributed by atoms with Crippen molar-refractivity contribution in [2.24, 2.45) is 0 Å². The van der Waals surface area contributed by atoms with Crippen molar-refractivity contribution >= 4 is 11.2 Å². The molecular formula is C11H15N3O2. The molecule has 0 aliphatic carbocycles. The van der Waals surface area contributed by atoms with Crippen LogP contribution < -0.4 is 0 Å². The highest BCUT2D eigenvalue weighted by molar-refractivity contribution is 5.71. The SMILES string of the molecule is COCCn1c(CCO)nc2cccnc21. The number of nitrogens with zero attached hydrogens (tertiary/aromatic N) is 3. The van der Waals surface area contributed by atoms with Gasteiger partial charge in [-0.15, -0.1) is 0 Å². The van der Waals surface area contributed by atoms with Crippen LogP contribution in [-0.2, 0) is 17.7 Å². The molecule has 2 aromatic rings. The third kappa shape index (κ3) is 2.05. The number of fused-ring (bicyclic) bond motifs is 1. The molecule has 0 aromatic carbocycles. The van der Waals surface area contributed by atoms with Gasteiger partial charge in [0.05, 0.1) is 13.2 Å². The zero-order valence-corrected chi connectivity index (χ0v) is 9.26. The fraction of sp³-hybridized carbons (Fsp3) is 0.455. The lowest BCUT2D eigenvalue weighted by Crippen LogP contribution is -2.10. The molecule has 5 heteroatoms. The van der Waals surface area contributed by atoms with E-state index in [1.165, 1.54) is 0 Å². The van der Waals surface area contributed by atoms with E-state index in [0.717, 1.165) is 17.0 Å². The van der Waals surface area contributed by atoms with E-state index in [1.807, 2.05) is 16.7 Å². The van der Waals surface area contributed by atoms with Crippen molar-refractivity contribution in [1.29, 1.82) is 0 Å². The van der Waals surface area contributed by atoms with Crippen LogP contribution in [0.1, 0.15) is 5.82 Å². The van der Waals surface area contributed by atoms with E-state index in [9.17, 15) is 0 Å². The number of rotatable bonds is 5. The molecule has 0 saturated carbocycles. The number of hydrogen-bond acceptors (Lipinski definition) is 4. The van der Waals surface area contributed by atoms with Crippen LogP contribution in [0.25, 0.3) is 11.2 Å². The molecule has 86 valence electrons. The number of aliphatic hydroxyl groups is 1. The van der Waals surface area contributed by atoms with Crippen LogP contribution in [0.2, 0.25) is 0 Å². The highest BCUT2D eigenvalue weighted by Gasteiger charge is 2.10. The van der Waals surface area contributed by atoms with Gasteiger partial charge in [-0.3, -0.25) is 0 Å². The molecule has 0 radical (unpaired) electrons. The highest BCUT2D eigenvalue weighted by Crippen LogP contribution is 2.13. The number of aliphatic hydroxyl groups excluding tert-OH is 1. The number of ether oxygens (including phenoxy) is 1. The fourth-order valence-corrected chi connectivity index (χ4v) is 1.71. The fourth-order valence-electron chi connectivity index (χ4n) is 1.71. The summed E-state index contributed by atoms with van der Waals surface area (Å²) in [4.78, 5) is 8.74. The molecule has 0 atom stereocenters. The lowest BCUT2D eigenvalue weighted by Gasteiger charge is -2.06. The summed E-state index contributed by atoms with van der Waals surface area (Å²) >= 11 is 0. The third-order valence-electron chi connectivity index (χ3n) is 2.44. The normalized spacial score (nSPS) is 11.1. The van der Waals surface area contributed by atoms with Crippen LogP contribution in [0.5, 0.6) is 0 Å². The van der Waals surface area contributed by atoms with E-state index in [2.05, 4.69) is 9.97 Å². The molecule has 0 amide bonds. The summed E-state index contributed by atoms with van der Waals surface area (Å²) in [7, 11) is 1.66. The number of imidazole rings is 1. The van der Waals surface area contributed by atoms with Gasteiger partial charge < -0.3 is 14.4 Å². The van der Waals surface area contributed by atoms with Crippen molar-refractivity contribution in [2.45, 2.75) is 13.0 Å². The van der Waals surface area contributed by atoms with E-state index in [0.29, 0.717) is 19.6 Å². The van der Waals surface area contributed by atoms with Gasteiger partial charge in [-0.2, -0.15) is 0 Å². The molecule has 0 spiro atoms. The molecule has 5 nitrogen and oxygen atoms in total. The standard InChI is InChI=1S/C11H15N3O2/c1-16-8-6-14-10(4-7-15)13-9-3-2-5-12-11(9)14/h2-3,5,15H,4,6-8H2,1H3. The molecular weight excluding hydrogens is 206 g/mol. The average Bonchev–Trinajstić information content (AvgIpc) is 2.65. The topological polar surface area (TPSA) is 60.2 Å². The van der Waals surface area contributed by atoms with Gasteiger partial charge in [0.25, 0.3) is 0 Å². The Balaban J connectivity index is 2.42. The summed E-state index contributed by atoms with van der Waals surface area (Å²) in [5.41, 5.74) is 1.71. The van der Waals surface area contributed by atoms with E-state index in [1.54, 1.807) is 13.3 Å². The Hall–Kier alpha value is -1.46. The predicted octanol–water partition coefficient (Wildman–Crippen LogP) is 0.612. The molecule has 0 aliphatic rings. The van der Waals surface area contributed by atoms with Crippen molar-refractivity contribution in [2.75, 3.05) is 20.3 Å². The van der Waals surface area contributed by atoms with Gasteiger partial charge in [-0.1, -0.05) is 0 Å². The Morgan fingerprint density at radius 2 is 2.38 bits per heavy atom. The lowest BCUT2D eigenvalue weighted by atomic mass is 10.4.